The average Bonchev–Trinajstić information content (AvgIpc) is 2.95. The first kappa shape index (κ1) is 16.8. The molecule has 3 rings (SSSR count). The van der Waals surface area contributed by atoms with Crippen molar-refractivity contribution in [1.82, 2.24) is 19.8 Å². The second-order valence-electron chi connectivity index (χ2n) is 6.39. The first-order valence-corrected chi connectivity index (χ1v) is 9.21. The quantitative estimate of drug-likeness (QED) is 0.680. The lowest BCUT2D eigenvalue weighted by molar-refractivity contribution is -0.129. The van der Waals surface area contributed by atoms with Crippen molar-refractivity contribution in [2.75, 3.05) is 24.7 Å². The number of likely N-dealkylation sites (tertiary alicyclic amines) is 1. The molecule has 1 aromatic heterocycles. The van der Waals surface area contributed by atoms with E-state index in [-0.39, 0.29) is 5.91 Å². The fourth-order valence-electron chi connectivity index (χ4n) is 2.75. The van der Waals surface area contributed by atoms with Crippen molar-refractivity contribution in [2.45, 2.75) is 31.8 Å². The smallest absolute Gasteiger partial charge is 0.233 e. The summed E-state index contributed by atoms with van der Waals surface area (Å²) in [6.07, 6.45) is 2.17. The number of amides is 1. The molecule has 0 unspecified atom stereocenters. The van der Waals surface area contributed by atoms with Gasteiger partial charge in [0.15, 0.2) is 5.82 Å². The summed E-state index contributed by atoms with van der Waals surface area (Å²) >= 11 is 1.34. The lowest BCUT2D eigenvalue weighted by Gasteiger charge is -2.30. The van der Waals surface area contributed by atoms with Gasteiger partial charge < -0.3 is 10.7 Å². The Morgan fingerprint density at radius 2 is 1.92 bits per heavy atom. The lowest BCUT2D eigenvalue weighted by atomic mass is 9.99. The van der Waals surface area contributed by atoms with E-state index >= 15 is 0 Å². The molecule has 24 heavy (non-hydrogen) atoms. The van der Waals surface area contributed by atoms with E-state index in [9.17, 15) is 4.79 Å². The van der Waals surface area contributed by atoms with Crippen molar-refractivity contribution in [3.05, 3.63) is 29.8 Å². The van der Waals surface area contributed by atoms with Crippen LogP contribution in [0.1, 0.15) is 25.3 Å². The fraction of sp³-hybridized carbons (Fsp3) is 0.471. The molecule has 2 aromatic rings. The van der Waals surface area contributed by atoms with Gasteiger partial charge in [0.25, 0.3) is 0 Å². The Balaban J connectivity index is 1.62. The van der Waals surface area contributed by atoms with Gasteiger partial charge in [-0.15, -0.1) is 10.2 Å². The predicted octanol–water partition coefficient (Wildman–Crippen LogP) is 2.32. The number of nitrogens with zero attached hydrogens (tertiary/aromatic N) is 4. The van der Waals surface area contributed by atoms with Crippen LogP contribution in [-0.4, -0.2) is 44.5 Å². The Bertz CT molecular complexity index is 704. The third-order valence-electron chi connectivity index (χ3n) is 4.44. The van der Waals surface area contributed by atoms with E-state index < -0.39 is 0 Å². The van der Waals surface area contributed by atoms with Crippen LogP contribution in [0, 0.1) is 12.8 Å². The number of nitrogen functional groups attached to an aromatic ring is 1. The highest BCUT2D eigenvalue weighted by Crippen LogP contribution is 2.23. The molecule has 0 bridgehead atoms. The van der Waals surface area contributed by atoms with Crippen molar-refractivity contribution in [2.24, 2.45) is 5.92 Å². The molecule has 0 spiro atoms. The third kappa shape index (κ3) is 3.72. The maximum atomic E-state index is 12.3. The van der Waals surface area contributed by atoms with Crippen molar-refractivity contribution >= 4 is 17.7 Å². The van der Waals surface area contributed by atoms with Gasteiger partial charge in [-0.2, -0.15) is 0 Å². The molecule has 1 amide bonds. The topological polar surface area (TPSA) is 77.0 Å². The number of hydrogen-bond acceptors (Lipinski definition) is 5. The molecule has 0 aliphatic carbocycles. The van der Waals surface area contributed by atoms with E-state index in [1.54, 1.807) is 0 Å². The van der Waals surface area contributed by atoms with Gasteiger partial charge in [0.1, 0.15) is 0 Å². The minimum absolute atomic E-state index is 0.145. The summed E-state index contributed by atoms with van der Waals surface area (Å²) in [4.78, 5) is 14.2. The number of rotatable bonds is 4. The zero-order valence-electron chi connectivity index (χ0n) is 14.1. The average molecular weight is 345 g/mol. The minimum atomic E-state index is 0.145. The maximum absolute atomic E-state index is 12.3. The number of benzene rings is 1. The van der Waals surface area contributed by atoms with Gasteiger partial charge in [-0.05, 0) is 25.7 Å². The molecular formula is C17H23N5OS. The zero-order valence-corrected chi connectivity index (χ0v) is 14.9. The molecule has 128 valence electrons. The molecule has 1 fully saturated rings. The molecule has 2 N–H and O–H groups in total. The van der Waals surface area contributed by atoms with Crippen molar-refractivity contribution in [3.63, 3.8) is 0 Å². The Morgan fingerprint density at radius 1 is 1.25 bits per heavy atom. The Hall–Kier alpha value is -2.02. The van der Waals surface area contributed by atoms with Gasteiger partial charge in [0.2, 0.25) is 11.1 Å². The van der Waals surface area contributed by atoms with E-state index in [2.05, 4.69) is 17.1 Å². The van der Waals surface area contributed by atoms with Crippen LogP contribution in [0.5, 0.6) is 0 Å². The van der Waals surface area contributed by atoms with E-state index in [1.807, 2.05) is 36.1 Å². The number of carbonyl (C=O) groups excluding carboxylic acids is 1. The zero-order chi connectivity index (χ0) is 17.1. The van der Waals surface area contributed by atoms with Gasteiger partial charge in [-0.3, -0.25) is 4.79 Å². The number of nitrogens with two attached hydrogens (primary N) is 1. The molecule has 0 saturated carbocycles. The Kier molecular flexibility index (Phi) is 5.08. The molecule has 0 radical (unpaired) electrons. The number of thioether (sulfide) groups is 1. The highest BCUT2D eigenvalue weighted by Gasteiger charge is 2.21. The monoisotopic (exact) mass is 345 g/mol. The van der Waals surface area contributed by atoms with Gasteiger partial charge in [-0.1, -0.05) is 48.5 Å². The predicted molar refractivity (Wildman–Crippen MR) is 96.0 cm³/mol. The normalized spacial score (nSPS) is 15.7. The number of aromatic nitrogens is 3. The lowest BCUT2D eigenvalue weighted by Crippen LogP contribution is -2.39. The summed E-state index contributed by atoms with van der Waals surface area (Å²) in [5.41, 5.74) is 2.09. The van der Waals surface area contributed by atoms with E-state index in [0.29, 0.717) is 22.7 Å². The molecule has 1 aliphatic rings. The van der Waals surface area contributed by atoms with Crippen LogP contribution in [0.3, 0.4) is 0 Å². The van der Waals surface area contributed by atoms with Gasteiger partial charge >= 0.3 is 0 Å². The van der Waals surface area contributed by atoms with Crippen molar-refractivity contribution < 1.29 is 4.79 Å². The number of piperidine rings is 1. The van der Waals surface area contributed by atoms with Gasteiger partial charge in [0, 0.05) is 18.7 Å². The second-order valence-corrected chi connectivity index (χ2v) is 7.34. The highest BCUT2D eigenvalue weighted by atomic mass is 32.2. The second kappa shape index (κ2) is 7.25. The molecular weight excluding hydrogens is 322 g/mol. The molecule has 1 aromatic carbocycles. The fourth-order valence-corrected chi connectivity index (χ4v) is 3.51. The van der Waals surface area contributed by atoms with Crippen LogP contribution in [0.15, 0.2) is 29.4 Å². The number of aryl methyl sites for hydroxylation is 1. The summed E-state index contributed by atoms with van der Waals surface area (Å²) in [5, 5.41) is 8.84. The minimum Gasteiger partial charge on any atom is -0.342 e. The summed E-state index contributed by atoms with van der Waals surface area (Å²) in [7, 11) is 0. The molecule has 0 atom stereocenters. The molecule has 1 aliphatic heterocycles. The van der Waals surface area contributed by atoms with Crippen LogP contribution in [-0.2, 0) is 4.79 Å². The highest BCUT2D eigenvalue weighted by molar-refractivity contribution is 7.99. The summed E-state index contributed by atoms with van der Waals surface area (Å²) in [6, 6.07) is 7.96. The van der Waals surface area contributed by atoms with Crippen LogP contribution in [0.25, 0.3) is 11.4 Å². The van der Waals surface area contributed by atoms with Crippen molar-refractivity contribution in [3.8, 4) is 11.4 Å². The first-order valence-electron chi connectivity index (χ1n) is 8.22. The molecule has 1 saturated heterocycles. The summed E-state index contributed by atoms with van der Waals surface area (Å²) in [6.45, 7) is 5.97. The van der Waals surface area contributed by atoms with Crippen LogP contribution < -0.4 is 5.84 Å². The Labute approximate surface area is 146 Å². The number of hydrogen-bond donors (Lipinski definition) is 1. The molecule has 6 nitrogen and oxygen atoms in total. The summed E-state index contributed by atoms with van der Waals surface area (Å²) in [5.74, 6) is 7.91. The van der Waals surface area contributed by atoms with Crippen LogP contribution >= 0.6 is 11.8 Å². The number of carbonyl (C=O) groups is 1. The van der Waals surface area contributed by atoms with E-state index in [1.165, 1.54) is 22.0 Å². The molecule has 2 heterocycles. The first-order chi connectivity index (χ1) is 11.5. The van der Waals surface area contributed by atoms with E-state index in [0.717, 1.165) is 31.5 Å². The molecule has 7 heteroatoms. The van der Waals surface area contributed by atoms with E-state index in [4.69, 9.17) is 5.84 Å². The van der Waals surface area contributed by atoms with Crippen LogP contribution in [0.2, 0.25) is 0 Å². The largest absolute Gasteiger partial charge is 0.342 e. The Morgan fingerprint density at radius 3 is 2.58 bits per heavy atom. The summed E-state index contributed by atoms with van der Waals surface area (Å²) < 4.78 is 1.46. The third-order valence-corrected chi connectivity index (χ3v) is 5.36. The SMILES string of the molecule is Cc1ccc(-c2nnc(SCC(=O)N3CCC(C)CC3)n2N)cc1. The van der Waals surface area contributed by atoms with Gasteiger partial charge in [-0.25, -0.2) is 4.68 Å². The van der Waals surface area contributed by atoms with Gasteiger partial charge in [0.05, 0.1) is 5.75 Å². The van der Waals surface area contributed by atoms with Crippen molar-refractivity contribution in [1.29, 1.82) is 0 Å². The van der Waals surface area contributed by atoms with Crippen LogP contribution in [0.4, 0.5) is 0 Å². The maximum Gasteiger partial charge on any atom is 0.233 e. The standard InChI is InChI=1S/C17H23N5OS/c1-12-3-5-14(6-4-12)16-19-20-17(22(16)18)24-11-15(23)21-9-7-13(2)8-10-21/h3-6,13H,7-11,18H2,1-2H3.